The standard InChI is InChI=1S/C24H24F6N2O4/c25-23(26,27)16-1-5-20(6-2-16)35-14-19(33)13-32-11-9-18(10-12-32)31-22(34)15-36-21-7-3-17(4-8-21)24(28,29)30/h1-8,18H,9-15H2,(H,31,34). The third-order valence-electron chi connectivity index (χ3n) is 5.49. The summed E-state index contributed by atoms with van der Waals surface area (Å²) in [5.41, 5.74) is -1.61. The van der Waals surface area contributed by atoms with Crippen LogP contribution < -0.4 is 14.8 Å². The Morgan fingerprint density at radius 3 is 1.67 bits per heavy atom. The first kappa shape index (κ1) is 27.3. The number of halogens is 6. The van der Waals surface area contributed by atoms with Crippen molar-refractivity contribution in [3.63, 3.8) is 0 Å². The molecular formula is C24H24F6N2O4. The topological polar surface area (TPSA) is 67.9 Å². The van der Waals surface area contributed by atoms with Gasteiger partial charge in [-0.15, -0.1) is 0 Å². The molecule has 12 heteroatoms. The van der Waals surface area contributed by atoms with Crippen molar-refractivity contribution in [2.24, 2.45) is 0 Å². The van der Waals surface area contributed by atoms with Crippen LogP contribution in [0.4, 0.5) is 26.3 Å². The van der Waals surface area contributed by atoms with Gasteiger partial charge in [-0.1, -0.05) is 0 Å². The van der Waals surface area contributed by atoms with Gasteiger partial charge in [0.1, 0.15) is 18.1 Å². The predicted molar refractivity (Wildman–Crippen MR) is 116 cm³/mol. The van der Waals surface area contributed by atoms with Crippen molar-refractivity contribution in [2.75, 3.05) is 32.8 Å². The number of piperidine rings is 1. The van der Waals surface area contributed by atoms with Crippen molar-refractivity contribution in [1.29, 1.82) is 0 Å². The Hall–Kier alpha value is -3.28. The summed E-state index contributed by atoms with van der Waals surface area (Å²) in [6, 6.07) is 7.98. The molecule has 2 aromatic rings. The van der Waals surface area contributed by atoms with E-state index in [4.69, 9.17) is 9.47 Å². The maximum Gasteiger partial charge on any atom is 0.416 e. The number of nitrogens with one attached hydrogen (secondary N) is 1. The fraction of sp³-hybridized carbons (Fsp3) is 0.417. The van der Waals surface area contributed by atoms with Crippen molar-refractivity contribution in [2.45, 2.75) is 31.2 Å². The number of hydrogen-bond acceptors (Lipinski definition) is 5. The smallest absolute Gasteiger partial charge is 0.416 e. The Morgan fingerprint density at radius 2 is 1.22 bits per heavy atom. The molecule has 6 nitrogen and oxygen atoms in total. The number of alkyl halides is 6. The van der Waals surface area contributed by atoms with Gasteiger partial charge in [0.25, 0.3) is 5.91 Å². The van der Waals surface area contributed by atoms with Gasteiger partial charge in [-0.25, -0.2) is 0 Å². The number of hydrogen-bond donors (Lipinski definition) is 1. The van der Waals surface area contributed by atoms with E-state index in [9.17, 15) is 35.9 Å². The van der Waals surface area contributed by atoms with Crippen LogP contribution in [0, 0.1) is 0 Å². The lowest BCUT2D eigenvalue weighted by molar-refractivity contribution is -0.138. The number of ether oxygens (including phenoxy) is 2. The number of likely N-dealkylation sites (tertiary alicyclic amines) is 1. The van der Waals surface area contributed by atoms with Gasteiger partial charge in [-0.2, -0.15) is 26.3 Å². The molecule has 0 unspecified atom stereocenters. The van der Waals surface area contributed by atoms with E-state index in [2.05, 4.69) is 5.32 Å². The number of ketones is 1. The SMILES string of the molecule is O=C(COc1ccc(C(F)(F)F)cc1)CN1CCC(NC(=O)COc2ccc(C(F)(F)F)cc2)CC1. The van der Waals surface area contributed by atoms with E-state index in [1.54, 1.807) is 0 Å². The van der Waals surface area contributed by atoms with Crippen LogP contribution in [0.25, 0.3) is 0 Å². The fourth-order valence-corrected chi connectivity index (χ4v) is 3.59. The second-order valence-electron chi connectivity index (χ2n) is 8.28. The van der Waals surface area contributed by atoms with E-state index in [0.29, 0.717) is 25.9 Å². The molecule has 0 atom stereocenters. The summed E-state index contributed by atoms with van der Waals surface area (Å²) >= 11 is 0. The minimum absolute atomic E-state index is 0.109. The molecular weight excluding hydrogens is 494 g/mol. The normalized spacial score (nSPS) is 15.4. The molecule has 0 spiro atoms. The van der Waals surface area contributed by atoms with Gasteiger partial charge in [0.15, 0.2) is 12.4 Å². The highest BCUT2D eigenvalue weighted by Gasteiger charge is 2.31. The first-order chi connectivity index (χ1) is 16.9. The second kappa shape index (κ2) is 11.6. The van der Waals surface area contributed by atoms with Crippen LogP contribution in [-0.2, 0) is 21.9 Å². The number of carbonyl (C=O) groups is 2. The first-order valence-corrected chi connectivity index (χ1v) is 11.0. The van der Waals surface area contributed by atoms with Crippen LogP contribution in [0.5, 0.6) is 11.5 Å². The van der Waals surface area contributed by atoms with Gasteiger partial charge in [0, 0.05) is 19.1 Å². The molecule has 0 radical (unpaired) electrons. The summed E-state index contributed by atoms with van der Waals surface area (Å²) in [7, 11) is 0. The van der Waals surface area contributed by atoms with E-state index in [-0.39, 0.29) is 43.1 Å². The third-order valence-corrected chi connectivity index (χ3v) is 5.49. The van der Waals surface area contributed by atoms with E-state index in [0.717, 1.165) is 48.5 Å². The molecule has 36 heavy (non-hydrogen) atoms. The molecule has 3 rings (SSSR count). The van der Waals surface area contributed by atoms with E-state index in [1.165, 1.54) is 0 Å². The average Bonchev–Trinajstić information content (AvgIpc) is 2.82. The Morgan fingerprint density at radius 1 is 0.778 bits per heavy atom. The summed E-state index contributed by atoms with van der Waals surface area (Å²) < 4.78 is 86.0. The Labute approximate surface area is 203 Å². The van der Waals surface area contributed by atoms with E-state index >= 15 is 0 Å². The highest BCUT2D eigenvalue weighted by atomic mass is 19.4. The van der Waals surface area contributed by atoms with E-state index < -0.39 is 29.4 Å². The number of rotatable bonds is 9. The van der Waals surface area contributed by atoms with Crippen molar-refractivity contribution >= 4 is 11.7 Å². The molecule has 1 saturated heterocycles. The van der Waals surface area contributed by atoms with Crippen LogP contribution >= 0.6 is 0 Å². The van der Waals surface area contributed by atoms with Gasteiger partial charge >= 0.3 is 12.4 Å². The Bertz CT molecular complexity index is 931. The van der Waals surface area contributed by atoms with Gasteiger partial charge in [0.2, 0.25) is 0 Å². The second-order valence-corrected chi connectivity index (χ2v) is 8.28. The number of amides is 1. The van der Waals surface area contributed by atoms with Crippen LogP contribution in [-0.4, -0.2) is 55.5 Å². The first-order valence-electron chi connectivity index (χ1n) is 11.0. The Kier molecular flexibility index (Phi) is 8.83. The van der Waals surface area contributed by atoms with Crippen molar-refractivity contribution in [3.8, 4) is 11.5 Å². The number of nitrogens with zero attached hydrogens (tertiary/aromatic N) is 1. The molecule has 0 aliphatic carbocycles. The Balaban J connectivity index is 1.32. The zero-order chi connectivity index (χ0) is 26.3. The number of carbonyl (C=O) groups excluding carboxylic acids is 2. The largest absolute Gasteiger partial charge is 0.486 e. The van der Waals surface area contributed by atoms with Crippen LogP contribution in [0.15, 0.2) is 48.5 Å². The minimum atomic E-state index is -4.45. The molecule has 1 aliphatic rings. The lowest BCUT2D eigenvalue weighted by atomic mass is 10.0. The summed E-state index contributed by atoms with van der Waals surface area (Å²) in [6.45, 7) is 0.570. The van der Waals surface area contributed by atoms with Gasteiger partial charge in [0.05, 0.1) is 17.7 Å². The quantitative estimate of drug-likeness (QED) is 0.501. The van der Waals surface area contributed by atoms with Crippen molar-refractivity contribution < 1.29 is 45.4 Å². The predicted octanol–water partition coefficient (Wildman–Crippen LogP) is 4.33. The van der Waals surface area contributed by atoms with E-state index in [1.807, 2.05) is 4.90 Å². The monoisotopic (exact) mass is 518 g/mol. The van der Waals surface area contributed by atoms with Crippen LogP contribution in [0.2, 0.25) is 0 Å². The molecule has 1 fully saturated rings. The molecule has 0 bridgehead atoms. The molecule has 1 heterocycles. The molecule has 1 amide bonds. The molecule has 1 N–H and O–H groups in total. The average molecular weight is 518 g/mol. The zero-order valence-corrected chi connectivity index (χ0v) is 19.0. The zero-order valence-electron chi connectivity index (χ0n) is 19.0. The number of benzene rings is 2. The summed E-state index contributed by atoms with van der Waals surface area (Å²) in [5.74, 6) is -0.335. The maximum absolute atomic E-state index is 12.6. The third kappa shape index (κ3) is 8.43. The summed E-state index contributed by atoms with van der Waals surface area (Å²) in [6.07, 6.45) is -7.73. The van der Waals surface area contributed by atoms with Crippen LogP contribution in [0.1, 0.15) is 24.0 Å². The fourth-order valence-electron chi connectivity index (χ4n) is 3.59. The highest BCUT2D eigenvalue weighted by Crippen LogP contribution is 2.31. The minimum Gasteiger partial charge on any atom is -0.486 e. The number of Topliss-reactive ketones (excluding diaryl/α,β-unsaturated/α-hetero) is 1. The molecule has 196 valence electrons. The lowest BCUT2D eigenvalue weighted by Crippen LogP contribution is -2.47. The van der Waals surface area contributed by atoms with Gasteiger partial charge in [-0.05, 0) is 61.4 Å². The van der Waals surface area contributed by atoms with Crippen molar-refractivity contribution in [3.05, 3.63) is 59.7 Å². The summed E-state index contributed by atoms with van der Waals surface area (Å²) in [4.78, 5) is 26.2. The van der Waals surface area contributed by atoms with Crippen molar-refractivity contribution in [1.82, 2.24) is 10.2 Å². The molecule has 2 aromatic carbocycles. The molecule has 0 saturated carbocycles. The van der Waals surface area contributed by atoms with Gasteiger partial charge in [-0.3, -0.25) is 14.5 Å². The maximum atomic E-state index is 12.6. The highest BCUT2D eigenvalue weighted by molar-refractivity contribution is 5.82. The van der Waals surface area contributed by atoms with Crippen LogP contribution in [0.3, 0.4) is 0 Å². The summed E-state index contributed by atoms with van der Waals surface area (Å²) in [5, 5.41) is 2.80. The molecule has 0 aromatic heterocycles. The van der Waals surface area contributed by atoms with Gasteiger partial charge < -0.3 is 14.8 Å². The molecule has 1 aliphatic heterocycles. The lowest BCUT2D eigenvalue weighted by Gasteiger charge is -2.31.